The van der Waals surface area contributed by atoms with Gasteiger partial charge in [0.2, 0.25) is 5.16 Å². The molecule has 9 heteroatoms. The summed E-state index contributed by atoms with van der Waals surface area (Å²) in [6.45, 7) is 1.97. The SMILES string of the molecule is CSc1ncc(N(c2ccccc2C)C2CC3CCC(C2F)N3C(=O)O)nn1. The number of thioether (sulfide) groups is 1. The lowest BCUT2D eigenvalue weighted by Crippen LogP contribution is -2.58. The molecule has 7 nitrogen and oxygen atoms in total. The fourth-order valence-electron chi connectivity index (χ4n) is 4.44. The van der Waals surface area contributed by atoms with Crippen molar-refractivity contribution in [2.24, 2.45) is 0 Å². The van der Waals surface area contributed by atoms with Gasteiger partial charge < -0.3 is 10.0 Å². The Morgan fingerprint density at radius 3 is 2.75 bits per heavy atom. The van der Waals surface area contributed by atoms with Gasteiger partial charge in [0.05, 0.1) is 18.3 Å². The molecule has 2 saturated heterocycles. The number of carboxylic acid groups (broad SMARTS) is 1. The minimum Gasteiger partial charge on any atom is -0.465 e. The van der Waals surface area contributed by atoms with Gasteiger partial charge >= 0.3 is 6.09 Å². The molecule has 28 heavy (non-hydrogen) atoms. The summed E-state index contributed by atoms with van der Waals surface area (Å²) in [5.74, 6) is 0.475. The van der Waals surface area contributed by atoms with Crippen molar-refractivity contribution in [1.82, 2.24) is 20.1 Å². The molecule has 2 aliphatic heterocycles. The second-order valence-corrected chi connectivity index (χ2v) is 7.97. The first kappa shape index (κ1) is 18.9. The Bertz CT molecular complexity index is 868. The quantitative estimate of drug-likeness (QED) is 0.780. The maximum Gasteiger partial charge on any atom is 0.407 e. The van der Waals surface area contributed by atoms with Crippen LogP contribution >= 0.6 is 11.8 Å². The Balaban J connectivity index is 1.76. The number of aromatic nitrogens is 3. The van der Waals surface area contributed by atoms with E-state index >= 15 is 4.39 Å². The first-order chi connectivity index (χ1) is 13.5. The predicted molar refractivity (Wildman–Crippen MR) is 105 cm³/mol. The summed E-state index contributed by atoms with van der Waals surface area (Å²) in [5.41, 5.74) is 1.82. The van der Waals surface area contributed by atoms with E-state index in [1.54, 1.807) is 6.20 Å². The number of para-hydroxylation sites is 1. The van der Waals surface area contributed by atoms with Gasteiger partial charge in [-0.25, -0.2) is 14.2 Å². The van der Waals surface area contributed by atoms with Crippen LogP contribution in [-0.2, 0) is 0 Å². The molecule has 1 N–H and O–H groups in total. The van der Waals surface area contributed by atoms with Crippen LogP contribution in [0.25, 0.3) is 0 Å². The average Bonchev–Trinajstić information content (AvgIpc) is 3.05. The van der Waals surface area contributed by atoms with E-state index in [0.29, 0.717) is 30.2 Å². The van der Waals surface area contributed by atoms with Crippen molar-refractivity contribution in [2.45, 2.75) is 55.6 Å². The number of anilines is 2. The molecule has 1 aromatic heterocycles. The first-order valence-corrected chi connectivity index (χ1v) is 10.5. The number of hydrogen-bond donors (Lipinski definition) is 1. The maximum atomic E-state index is 15.6. The third-order valence-electron chi connectivity index (χ3n) is 5.68. The number of halogens is 1. The molecule has 2 bridgehead atoms. The second kappa shape index (κ2) is 7.54. The van der Waals surface area contributed by atoms with E-state index in [1.165, 1.54) is 16.7 Å². The molecule has 4 rings (SSSR count). The topological polar surface area (TPSA) is 82.5 Å². The van der Waals surface area contributed by atoms with E-state index in [0.717, 1.165) is 11.3 Å². The highest BCUT2D eigenvalue weighted by Crippen LogP contribution is 2.43. The van der Waals surface area contributed by atoms with Gasteiger partial charge in [0.1, 0.15) is 6.17 Å². The monoisotopic (exact) mass is 403 g/mol. The zero-order valence-corrected chi connectivity index (χ0v) is 16.5. The fraction of sp³-hybridized carbons (Fsp3) is 0.474. The van der Waals surface area contributed by atoms with Gasteiger partial charge in [-0.1, -0.05) is 30.0 Å². The molecule has 1 aromatic carbocycles. The summed E-state index contributed by atoms with van der Waals surface area (Å²) in [5, 5.41) is 18.5. The van der Waals surface area contributed by atoms with E-state index in [-0.39, 0.29) is 6.04 Å². The number of benzene rings is 1. The lowest BCUT2D eigenvalue weighted by Gasteiger charge is -2.44. The number of nitrogens with zero attached hydrogens (tertiary/aromatic N) is 5. The number of alkyl halides is 1. The van der Waals surface area contributed by atoms with E-state index in [1.807, 2.05) is 42.3 Å². The summed E-state index contributed by atoms with van der Waals surface area (Å²) < 4.78 is 15.6. The van der Waals surface area contributed by atoms with Gasteiger partial charge in [-0.2, -0.15) is 0 Å². The maximum absolute atomic E-state index is 15.6. The van der Waals surface area contributed by atoms with E-state index < -0.39 is 24.3 Å². The summed E-state index contributed by atoms with van der Waals surface area (Å²) in [6.07, 6.45) is 2.76. The van der Waals surface area contributed by atoms with Crippen LogP contribution in [0.2, 0.25) is 0 Å². The predicted octanol–water partition coefficient (Wildman–Crippen LogP) is 3.66. The molecule has 4 unspecified atom stereocenters. The molecular weight excluding hydrogens is 381 g/mol. The Morgan fingerprint density at radius 2 is 2.11 bits per heavy atom. The molecule has 3 heterocycles. The van der Waals surface area contributed by atoms with Gasteiger partial charge in [-0.05, 0) is 44.1 Å². The van der Waals surface area contributed by atoms with E-state index in [2.05, 4.69) is 15.2 Å². The molecule has 4 atom stereocenters. The first-order valence-electron chi connectivity index (χ1n) is 9.25. The van der Waals surface area contributed by atoms with Crippen molar-refractivity contribution < 1.29 is 14.3 Å². The van der Waals surface area contributed by atoms with E-state index in [4.69, 9.17) is 0 Å². The fourth-order valence-corrected chi connectivity index (χ4v) is 4.72. The Hall–Kier alpha value is -2.42. The molecule has 2 aromatic rings. The molecule has 0 radical (unpaired) electrons. The second-order valence-electron chi connectivity index (χ2n) is 7.20. The van der Waals surface area contributed by atoms with Gasteiger partial charge in [0.15, 0.2) is 5.82 Å². The number of carbonyl (C=O) groups is 1. The molecule has 0 spiro atoms. The molecule has 0 aliphatic carbocycles. The third-order valence-corrected chi connectivity index (χ3v) is 6.23. The van der Waals surface area contributed by atoms with Crippen LogP contribution in [0, 0.1) is 6.92 Å². The van der Waals surface area contributed by atoms with Crippen molar-refractivity contribution in [3.05, 3.63) is 36.0 Å². The molecule has 1 amide bonds. The van der Waals surface area contributed by atoms with Crippen LogP contribution in [0.4, 0.5) is 20.7 Å². The minimum atomic E-state index is -1.32. The van der Waals surface area contributed by atoms with Crippen molar-refractivity contribution >= 4 is 29.4 Å². The van der Waals surface area contributed by atoms with Crippen LogP contribution in [0.1, 0.15) is 24.8 Å². The minimum absolute atomic E-state index is 0.183. The van der Waals surface area contributed by atoms with Crippen molar-refractivity contribution in [3.8, 4) is 0 Å². The van der Waals surface area contributed by atoms with Crippen LogP contribution in [-0.4, -0.2) is 61.8 Å². The van der Waals surface area contributed by atoms with Crippen molar-refractivity contribution in [2.75, 3.05) is 11.2 Å². The molecule has 0 saturated carbocycles. The molecule has 148 valence electrons. The van der Waals surface area contributed by atoms with Gasteiger partial charge in [-0.15, -0.1) is 10.2 Å². The zero-order chi connectivity index (χ0) is 19.8. The largest absolute Gasteiger partial charge is 0.465 e. The normalized spacial score (nSPS) is 26.3. The Morgan fingerprint density at radius 1 is 1.32 bits per heavy atom. The summed E-state index contributed by atoms with van der Waals surface area (Å²) in [7, 11) is 0. The van der Waals surface area contributed by atoms with Crippen LogP contribution < -0.4 is 4.90 Å². The standard InChI is InChI=1S/C19H22FN5O2S/c1-11-5-3-4-6-13(11)25(16-10-21-18(28-2)23-22-16)15-9-12-7-8-14(17(15)20)24(12)19(26)27/h3-6,10,12,14-15,17H,7-9H2,1-2H3,(H,26,27). The zero-order valence-electron chi connectivity index (χ0n) is 15.7. The molecule has 2 aliphatic rings. The Labute approximate surface area is 167 Å². The smallest absolute Gasteiger partial charge is 0.407 e. The number of amides is 1. The lowest BCUT2D eigenvalue weighted by molar-refractivity contribution is 0.0501. The number of hydrogen-bond acceptors (Lipinski definition) is 6. The lowest BCUT2D eigenvalue weighted by atomic mass is 9.93. The molecule has 2 fully saturated rings. The number of piperidine rings is 1. The molecular formula is C19H22FN5O2S. The van der Waals surface area contributed by atoms with Crippen LogP contribution in [0.15, 0.2) is 35.6 Å². The van der Waals surface area contributed by atoms with Crippen LogP contribution in [0.3, 0.4) is 0 Å². The number of rotatable bonds is 4. The highest BCUT2D eigenvalue weighted by atomic mass is 32.2. The summed E-state index contributed by atoms with van der Waals surface area (Å²) >= 11 is 1.39. The summed E-state index contributed by atoms with van der Waals surface area (Å²) in [6, 6.07) is 6.40. The summed E-state index contributed by atoms with van der Waals surface area (Å²) in [4.78, 5) is 19.1. The average molecular weight is 403 g/mol. The number of aryl methyl sites for hydroxylation is 1. The van der Waals surface area contributed by atoms with Crippen LogP contribution in [0.5, 0.6) is 0 Å². The highest BCUT2D eigenvalue weighted by molar-refractivity contribution is 7.98. The van der Waals surface area contributed by atoms with Gasteiger partial charge in [-0.3, -0.25) is 4.90 Å². The third kappa shape index (κ3) is 3.17. The van der Waals surface area contributed by atoms with Crippen molar-refractivity contribution in [3.63, 3.8) is 0 Å². The number of fused-ring (bicyclic) bond motifs is 2. The van der Waals surface area contributed by atoms with Crippen molar-refractivity contribution in [1.29, 1.82) is 0 Å². The Kier molecular flexibility index (Phi) is 5.09. The van der Waals surface area contributed by atoms with E-state index in [9.17, 15) is 9.90 Å². The highest BCUT2D eigenvalue weighted by Gasteiger charge is 2.52. The van der Waals surface area contributed by atoms with Gasteiger partial charge in [0, 0.05) is 11.7 Å². The van der Waals surface area contributed by atoms with Gasteiger partial charge in [0.25, 0.3) is 0 Å².